The highest BCUT2D eigenvalue weighted by Gasteiger charge is 2.47. The van der Waals surface area contributed by atoms with Gasteiger partial charge in [-0.25, -0.2) is 0 Å². The van der Waals surface area contributed by atoms with Crippen LogP contribution in [0.4, 0.5) is 0 Å². The molecule has 0 aromatic rings. The van der Waals surface area contributed by atoms with Gasteiger partial charge < -0.3 is 10.2 Å². The van der Waals surface area contributed by atoms with Gasteiger partial charge in [-0.05, 0) is 44.2 Å². The van der Waals surface area contributed by atoms with Gasteiger partial charge in [-0.1, -0.05) is 6.92 Å². The number of amides is 1. The summed E-state index contributed by atoms with van der Waals surface area (Å²) < 4.78 is 0. The molecule has 3 heteroatoms. The quantitative estimate of drug-likeness (QED) is 0.757. The van der Waals surface area contributed by atoms with Gasteiger partial charge in [-0.2, -0.15) is 0 Å². The van der Waals surface area contributed by atoms with E-state index in [0.29, 0.717) is 17.2 Å². The largest absolute Gasteiger partial charge is 0.342 e. The van der Waals surface area contributed by atoms with Crippen molar-refractivity contribution in [3.05, 3.63) is 0 Å². The first-order chi connectivity index (χ1) is 7.15. The van der Waals surface area contributed by atoms with Crippen molar-refractivity contribution in [1.29, 1.82) is 0 Å². The Hall–Kier alpha value is -0.570. The first-order valence-electron chi connectivity index (χ1n) is 6.08. The van der Waals surface area contributed by atoms with E-state index in [1.165, 1.54) is 19.3 Å². The van der Waals surface area contributed by atoms with Crippen LogP contribution in [0, 0.1) is 11.3 Å². The van der Waals surface area contributed by atoms with E-state index in [0.717, 1.165) is 26.1 Å². The second kappa shape index (κ2) is 4.12. The molecule has 1 unspecified atom stereocenters. The third kappa shape index (κ3) is 2.51. The van der Waals surface area contributed by atoms with Crippen molar-refractivity contribution in [2.75, 3.05) is 26.7 Å². The Kier molecular flexibility index (Phi) is 3.01. The van der Waals surface area contributed by atoms with E-state index >= 15 is 0 Å². The topological polar surface area (TPSA) is 32.3 Å². The number of rotatable bonds is 4. The Morgan fingerprint density at radius 3 is 2.73 bits per heavy atom. The van der Waals surface area contributed by atoms with Crippen LogP contribution in [0.2, 0.25) is 0 Å². The highest BCUT2D eigenvalue weighted by atomic mass is 16.2. The summed E-state index contributed by atoms with van der Waals surface area (Å²) in [5, 5.41) is 3.16. The van der Waals surface area contributed by atoms with Gasteiger partial charge in [0.2, 0.25) is 5.91 Å². The fraction of sp³-hybridized carbons (Fsp3) is 0.917. The summed E-state index contributed by atoms with van der Waals surface area (Å²) in [6.07, 6.45) is 4.64. The van der Waals surface area contributed by atoms with Gasteiger partial charge in [0.1, 0.15) is 0 Å². The lowest BCUT2D eigenvalue weighted by atomic mass is 9.92. The van der Waals surface area contributed by atoms with Crippen LogP contribution in [-0.4, -0.2) is 37.5 Å². The third-order valence-electron chi connectivity index (χ3n) is 3.83. The lowest BCUT2D eigenvalue weighted by Crippen LogP contribution is -2.43. The van der Waals surface area contributed by atoms with Gasteiger partial charge in [0.05, 0.1) is 0 Å². The molecule has 1 saturated carbocycles. The monoisotopic (exact) mass is 210 g/mol. The SMILES string of the molecule is CNCC(C)CN1CCC2(CC2)CC1=O. The number of nitrogens with one attached hydrogen (secondary N) is 1. The van der Waals surface area contributed by atoms with Crippen LogP contribution in [0.25, 0.3) is 0 Å². The number of hydrogen-bond acceptors (Lipinski definition) is 2. The number of likely N-dealkylation sites (tertiary alicyclic amines) is 1. The van der Waals surface area contributed by atoms with E-state index in [2.05, 4.69) is 17.1 Å². The molecule has 0 aromatic carbocycles. The standard InChI is InChI=1S/C12H22N2O/c1-10(8-13-2)9-14-6-5-12(3-4-12)7-11(14)15/h10,13H,3-9H2,1-2H3. The number of hydrogen-bond donors (Lipinski definition) is 1. The van der Waals surface area contributed by atoms with Gasteiger partial charge in [-0.15, -0.1) is 0 Å². The molecule has 2 rings (SSSR count). The summed E-state index contributed by atoms with van der Waals surface area (Å²) in [6, 6.07) is 0. The van der Waals surface area contributed by atoms with Crippen molar-refractivity contribution in [2.24, 2.45) is 11.3 Å². The van der Waals surface area contributed by atoms with Crippen LogP contribution in [0.1, 0.15) is 32.6 Å². The molecule has 1 atom stereocenters. The van der Waals surface area contributed by atoms with Crippen LogP contribution in [0.5, 0.6) is 0 Å². The van der Waals surface area contributed by atoms with Crippen molar-refractivity contribution in [3.63, 3.8) is 0 Å². The van der Waals surface area contributed by atoms with E-state index in [1.54, 1.807) is 0 Å². The van der Waals surface area contributed by atoms with Crippen LogP contribution >= 0.6 is 0 Å². The summed E-state index contributed by atoms with van der Waals surface area (Å²) in [7, 11) is 1.97. The predicted molar refractivity (Wildman–Crippen MR) is 60.6 cm³/mol. The van der Waals surface area contributed by atoms with Crippen molar-refractivity contribution in [3.8, 4) is 0 Å². The molecule has 2 fully saturated rings. The molecule has 1 heterocycles. The Morgan fingerprint density at radius 1 is 1.47 bits per heavy atom. The highest BCUT2D eigenvalue weighted by Crippen LogP contribution is 2.53. The molecule has 3 nitrogen and oxygen atoms in total. The minimum Gasteiger partial charge on any atom is -0.342 e. The number of carbonyl (C=O) groups excluding carboxylic acids is 1. The fourth-order valence-corrected chi connectivity index (χ4v) is 2.60. The minimum absolute atomic E-state index is 0.390. The van der Waals surface area contributed by atoms with E-state index in [4.69, 9.17) is 0 Å². The van der Waals surface area contributed by atoms with Gasteiger partial charge in [-0.3, -0.25) is 4.79 Å². The van der Waals surface area contributed by atoms with Gasteiger partial charge in [0, 0.05) is 19.5 Å². The molecule has 86 valence electrons. The van der Waals surface area contributed by atoms with E-state index in [1.807, 2.05) is 7.05 Å². The molecule has 1 amide bonds. The average Bonchev–Trinajstić information content (AvgIpc) is 2.91. The molecule has 1 spiro atoms. The normalized spacial score (nSPS) is 25.7. The van der Waals surface area contributed by atoms with Crippen molar-refractivity contribution < 1.29 is 4.79 Å². The molecule has 1 N–H and O–H groups in total. The zero-order chi connectivity index (χ0) is 10.9. The molecule has 1 aliphatic heterocycles. The molecule has 0 bridgehead atoms. The second-order valence-electron chi connectivity index (χ2n) is 5.43. The second-order valence-corrected chi connectivity index (χ2v) is 5.43. The average molecular weight is 210 g/mol. The number of piperidine rings is 1. The predicted octanol–water partition coefficient (Wildman–Crippen LogP) is 1.24. The summed E-state index contributed by atoms with van der Waals surface area (Å²) >= 11 is 0. The van der Waals surface area contributed by atoms with Crippen molar-refractivity contribution >= 4 is 5.91 Å². The van der Waals surface area contributed by atoms with Gasteiger partial charge >= 0.3 is 0 Å². The summed E-state index contributed by atoms with van der Waals surface area (Å²) in [5.41, 5.74) is 0.458. The molecule has 1 aliphatic carbocycles. The minimum atomic E-state index is 0.390. The lowest BCUT2D eigenvalue weighted by Gasteiger charge is -2.33. The molecule has 0 radical (unpaired) electrons. The van der Waals surface area contributed by atoms with Crippen LogP contribution in [0.15, 0.2) is 0 Å². The van der Waals surface area contributed by atoms with Gasteiger partial charge in [0.25, 0.3) is 0 Å². The van der Waals surface area contributed by atoms with Crippen molar-refractivity contribution in [2.45, 2.75) is 32.6 Å². The van der Waals surface area contributed by atoms with Crippen LogP contribution in [0.3, 0.4) is 0 Å². The maximum atomic E-state index is 11.9. The zero-order valence-electron chi connectivity index (χ0n) is 9.88. The number of nitrogens with zero attached hydrogens (tertiary/aromatic N) is 1. The smallest absolute Gasteiger partial charge is 0.223 e. The Balaban J connectivity index is 1.80. The van der Waals surface area contributed by atoms with E-state index in [9.17, 15) is 4.79 Å². The maximum absolute atomic E-state index is 11.9. The lowest BCUT2D eigenvalue weighted by molar-refractivity contribution is -0.136. The zero-order valence-corrected chi connectivity index (χ0v) is 9.88. The Morgan fingerprint density at radius 2 is 2.20 bits per heavy atom. The Labute approximate surface area is 92.2 Å². The Bertz CT molecular complexity index is 248. The van der Waals surface area contributed by atoms with Gasteiger partial charge in [0.15, 0.2) is 0 Å². The fourth-order valence-electron chi connectivity index (χ4n) is 2.60. The van der Waals surface area contributed by atoms with Crippen LogP contribution < -0.4 is 5.32 Å². The summed E-state index contributed by atoms with van der Waals surface area (Å²) in [6.45, 7) is 5.11. The van der Waals surface area contributed by atoms with E-state index < -0.39 is 0 Å². The molecule has 15 heavy (non-hydrogen) atoms. The molecule has 1 saturated heterocycles. The van der Waals surface area contributed by atoms with Crippen molar-refractivity contribution in [1.82, 2.24) is 10.2 Å². The first kappa shape index (κ1) is 10.9. The first-order valence-corrected chi connectivity index (χ1v) is 6.08. The van der Waals surface area contributed by atoms with E-state index in [-0.39, 0.29) is 0 Å². The highest BCUT2D eigenvalue weighted by molar-refractivity contribution is 5.78. The summed E-state index contributed by atoms with van der Waals surface area (Å²) in [4.78, 5) is 14.0. The van der Waals surface area contributed by atoms with Crippen LogP contribution in [-0.2, 0) is 4.79 Å². The maximum Gasteiger partial charge on any atom is 0.223 e. The molecular weight excluding hydrogens is 188 g/mol. The number of carbonyl (C=O) groups is 1. The molecular formula is C12H22N2O. The molecule has 0 aromatic heterocycles. The molecule has 2 aliphatic rings. The third-order valence-corrected chi connectivity index (χ3v) is 3.83. The summed E-state index contributed by atoms with van der Waals surface area (Å²) in [5.74, 6) is 0.953.